The van der Waals surface area contributed by atoms with E-state index in [0.717, 1.165) is 37.9 Å². The number of hydrogen-bond donors (Lipinski definition) is 0. The Morgan fingerprint density at radius 2 is 2.11 bits per heavy atom. The summed E-state index contributed by atoms with van der Waals surface area (Å²) in [7, 11) is 0. The van der Waals surface area contributed by atoms with E-state index in [2.05, 4.69) is 13.2 Å². The van der Waals surface area contributed by atoms with Crippen molar-refractivity contribution in [2.45, 2.75) is 25.7 Å². The van der Waals surface area contributed by atoms with E-state index < -0.39 is 0 Å². The molecule has 4 heteroatoms. The fourth-order valence-corrected chi connectivity index (χ4v) is 2.83. The fourth-order valence-electron chi connectivity index (χ4n) is 2.83. The Bertz CT molecular complexity index is 403. The summed E-state index contributed by atoms with van der Waals surface area (Å²) in [5.41, 5.74) is 1.13. The second kappa shape index (κ2) is 6.04. The minimum absolute atomic E-state index is 0.0339. The molecule has 0 aliphatic carbocycles. The lowest BCUT2D eigenvalue weighted by Crippen LogP contribution is -2.46. The van der Waals surface area contributed by atoms with Crippen molar-refractivity contribution >= 4 is 11.8 Å². The van der Waals surface area contributed by atoms with Crippen molar-refractivity contribution in [3.63, 3.8) is 0 Å². The Morgan fingerprint density at radius 3 is 2.74 bits per heavy atom. The summed E-state index contributed by atoms with van der Waals surface area (Å²) in [6.07, 6.45) is 4.70. The third-order valence-electron chi connectivity index (χ3n) is 3.90. The maximum absolute atomic E-state index is 12.4. The predicted octanol–water partition coefficient (Wildman–Crippen LogP) is 1.59. The molecule has 19 heavy (non-hydrogen) atoms. The number of amides is 2. The predicted molar refractivity (Wildman–Crippen MR) is 74.5 cm³/mol. The maximum atomic E-state index is 12.4. The topological polar surface area (TPSA) is 40.6 Å². The summed E-state index contributed by atoms with van der Waals surface area (Å²) in [5, 5.41) is 0. The summed E-state index contributed by atoms with van der Waals surface area (Å²) in [4.78, 5) is 27.9. The summed E-state index contributed by atoms with van der Waals surface area (Å²) in [5.74, 6) is 0.238. The minimum Gasteiger partial charge on any atom is -0.342 e. The zero-order chi connectivity index (χ0) is 13.8. The highest BCUT2D eigenvalue weighted by Gasteiger charge is 2.32. The molecule has 104 valence electrons. The van der Waals surface area contributed by atoms with Crippen LogP contribution in [0.25, 0.3) is 0 Å². The largest absolute Gasteiger partial charge is 0.342 e. The Morgan fingerprint density at radius 1 is 1.32 bits per heavy atom. The molecule has 2 fully saturated rings. The highest BCUT2D eigenvalue weighted by atomic mass is 16.2. The molecule has 0 aromatic rings. The van der Waals surface area contributed by atoms with Gasteiger partial charge in [0.2, 0.25) is 11.8 Å². The van der Waals surface area contributed by atoms with Crippen LogP contribution in [0.1, 0.15) is 25.7 Å². The molecule has 0 N–H and O–H groups in total. The summed E-state index contributed by atoms with van der Waals surface area (Å²) in [6.45, 7) is 10.3. The molecule has 1 atom stereocenters. The van der Waals surface area contributed by atoms with Gasteiger partial charge in [0.05, 0.1) is 5.92 Å². The maximum Gasteiger partial charge on any atom is 0.227 e. The molecule has 0 bridgehead atoms. The highest BCUT2D eigenvalue weighted by Crippen LogP contribution is 2.22. The second-order valence-corrected chi connectivity index (χ2v) is 5.43. The fraction of sp³-hybridized carbons (Fsp3) is 0.600. The van der Waals surface area contributed by atoms with Crippen LogP contribution in [-0.2, 0) is 9.59 Å². The Labute approximate surface area is 114 Å². The van der Waals surface area contributed by atoms with Crippen molar-refractivity contribution < 1.29 is 9.59 Å². The van der Waals surface area contributed by atoms with Crippen LogP contribution in [0.4, 0.5) is 0 Å². The summed E-state index contributed by atoms with van der Waals surface area (Å²) >= 11 is 0. The quantitative estimate of drug-likeness (QED) is 0.725. The van der Waals surface area contributed by atoms with E-state index in [-0.39, 0.29) is 17.7 Å². The van der Waals surface area contributed by atoms with Gasteiger partial charge in [0.1, 0.15) is 0 Å². The van der Waals surface area contributed by atoms with Crippen LogP contribution in [0.5, 0.6) is 0 Å². The number of nitrogens with zero attached hydrogens (tertiary/aromatic N) is 2. The molecule has 0 spiro atoms. The van der Waals surface area contributed by atoms with Gasteiger partial charge in [-0.3, -0.25) is 9.59 Å². The Kier molecular flexibility index (Phi) is 4.40. The van der Waals surface area contributed by atoms with Gasteiger partial charge in [-0.25, -0.2) is 0 Å². The van der Waals surface area contributed by atoms with Crippen LogP contribution >= 0.6 is 0 Å². The smallest absolute Gasteiger partial charge is 0.227 e. The molecule has 4 nitrogen and oxygen atoms in total. The normalized spacial score (nSPS) is 23.6. The number of likely N-dealkylation sites (tertiary alicyclic amines) is 2. The molecule has 0 aromatic heterocycles. The molecule has 0 unspecified atom stereocenters. The average Bonchev–Trinajstić information content (AvgIpc) is 2.85. The van der Waals surface area contributed by atoms with Gasteiger partial charge in [0.15, 0.2) is 0 Å². The molecule has 2 saturated heterocycles. The minimum atomic E-state index is -0.0339. The van der Waals surface area contributed by atoms with Gasteiger partial charge in [-0.2, -0.15) is 0 Å². The highest BCUT2D eigenvalue weighted by molar-refractivity contribution is 5.82. The number of carbonyl (C=O) groups is 2. The number of hydrogen-bond acceptors (Lipinski definition) is 2. The third kappa shape index (κ3) is 3.25. The molecule has 0 saturated carbocycles. The Balaban J connectivity index is 1.93. The molecule has 0 radical (unpaired) electrons. The van der Waals surface area contributed by atoms with Gasteiger partial charge in [-0.05, 0) is 19.3 Å². The van der Waals surface area contributed by atoms with E-state index in [4.69, 9.17) is 0 Å². The molecule has 2 amide bonds. The van der Waals surface area contributed by atoms with E-state index >= 15 is 0 Å². The number of rotatable bonds is 3. The SMILES string of the molecule is C=CCC(=O)N1CCC[C@H](C(=O)N2CCC(=C)C2)C1. The van der Waals surface area contributed by atoms with Crippen LogP contribution in [0.3, 0.4) is 0 Å². The van der Waals surface area contributed by atoms with E-state index in [1.165, 1.54) is 0 Å². The van der Waals surface area contributed by atoms with Gasteiger partial charge in [-0.1, -0.05) is 18.2 Å². The molecule has 2 rings (SSSR count). The molecular weight excluding hydrogens is 240 g/mol. The molecule has 2 aliphatic heterocycles. The lowest BCUT2D eigenvalue weighted by Gasteiger charge is -2.33. The third-order valence-corrected chi connectivity index (χ3v) is 3.90. The van der Waals surface area contributed by atoms with Crippen LogP contribution in [-0.4, -0.2) is 47.8 Å². The molecular formula is C15H22N2O2. The van der Waals surface area contributed by atoms with Crippen LogP contribution in [0.15, 0.2) is 24.8 Å². The van der Waals surface area contributed by atoms with Crippen molar-refractivity contribution in [2.75, 3.05) is 26.2 Å². The van der Waals surface area contributed by atoms with Crippen molar-refractivity contribution in [1.29, 1.82) is 0 Å². The van der Waals surface area contributed by atoms with Gasteiger partial charge in [0, 0.05) is 32.6 Å². The standard InChI is InChI=1S/C15H22N2O2/c1-3-5-14(18)16-8-4-6-13(11-16)15(19)17-9-7-12(2)10-17/h3,13H,1-2,4-11H2/t13-/m0/s1. The summed E-state index contributed by atoms with van der Waals surface area (Å²) < 4.78 is 0. The van der Waals surface area contributed by atoms with Crippen LogP contribution < -0.4 is 0 Å². The van der Waals surface area contributed by atoms with Crippen molar-refractivity contribution in [3.8, 4) is 0 Å². The van der Waals surface area contributed by atoms with Crippen molar-refractivity contribution in [1.82, 2.24) is 9.80 Å². The zero-order valence-electron chi connectivity index (χ0n) is 11.4. The first kappa shape index (κ1) is 13.8. The first-order chi connectivity index (χ1) is 9.11. The van der Waals surface area contributed by atoms with Gasteiger partial charge >= 0.3 is 0 Å². The first-order valence-corrected chi connectivity index (χ1v) is 6.96. The molecule has 0 aromatic carbocycles. The van der Waals surface area contributed by atoms with Gasteiger partial charge in [-0.15, -0.1) is 6.58 Å². The number of carbonyl (C=O) groups excluding carboxylic acids is 2. The number of piperidine rings is 1. The summed E-state index contributed by atoms with van der Waals surface area (Å²) in [6, 6.07) is 0. The van der Waals surface area contributed by atoms with Crippen LogP contribution in [0, 0.1) is 5.92 Å². The van der Waals surface area contributed by atoms with E-state index in [9.17, 15) is 9.59 Å². The average molecular weight is 262 g/mol. The lowest BCUT2D eigenvalue weighted by molar-refractivity contribution is -0.139. The second-order valence-electron chi connectivity index (χ2n) is 5.43. The van der Waals surface area contributed by atoms with Gasteiger partial charge < -0.3 is 9.80 Å². The van der Waals surface area contributed by atoms with E-state index in [0.29, 0.717) is 19.5 Å². The lowest BCUT2D eigenvalue weighted by atomic mass is 9.96. The Hall–Kier alpha value is -1.58. The first-order valence-electron chi connectivity index (χ1n) is 6.96. The zero-order valence-corrected chi connectivity index (χ0v) is 11.4. The van der Waals surface area contributed by atoms with E-state index in [1.54, 1.807) is 11.0 Å². The monoisotopic (exact) mass is 262 g/mol. The van der Waals surface area contributed by atoms with E-state index in [1.807, 2.05) is 4.90 Å². The molecule has 2 heterocycles. The van der Waals surface area contributed by atoms with Gasteiger partial charge in [0.25, 0.3) is 0 Å². The molecule has 2 aliphatic rings. The van der Waals surface area contributed by atoms with Crippen molar-refractivity contribution in [3.05, 3.63) is 24.8 Å². The van der Waals surface area contributed by atoms with Crippen molar-refractivity contribution in [2.24, 2.45) is 5.92 Å². The van der Waals surface area contributed by atoms with Crippen LogP contribution in [0.2, 0.25) is 0 Å².